The third kappa shape index (κ3) is 4.79. The quantitative estimate of drug-likeness (QED) is 0.712. The summed E-state index contributed by atoms with van der Waals surface area (Å²) in [6.45, 7) is 2.23. The summed E-state index contributed by atoms with van der Waals surface area (Å²) in [5.41, 5.74) is 1.90. The molecule has 2 atom stereocenters. The summed E-state index contributed by atoms with van der Waals surface area (Å²) in [6.07, 6.45) is 1.31. The molecule has 2 aliphatic heterocycles. The Hall–Kier alpha value is -3.29. The first kappa shape index (κ1) is 21.9. The van der Waals surface area contributed by atoms with Crippen LogP contribution in [0.3, 0.4) is 0 Å². The molecular weight excluding hydrogens is 410 g/mol. The Kier molecular flexibility index (Phi) is 6.48. The first-order valence-corrected chi connectivity index (χ1v) is 10.9. The van der Waals surface area contributed by atoms with Gasteiger partial charge in [-0.25, -0.2) is 0 Å². The molecule has 0 radical (unpaired) electrons. The number of carbonyl (C=O) groups excluding carboxylic acids is 2. The van der Waals surface area contributed by atoms with Crippen LogP contribution in [0.1, 0.15) is 36.4 Å². The molecule has 2 aliphatic rings. The van der Waals surface area contributed by atoms with Gasteiger partial charge in [-0.2, -0.15) is 0 Å². The van der Waals surface area contributed by atoms with Crippen molar-refractivity contribution in [1.29, 1.82) is 0 Å². The van der Waals surface area contributed by atoms with Crippen molar-refractivity contribution < 1.29 is 19.1 Å². The molecule has 4 rings (SSSR count). The van der Waals surface area contributed by atoms with Crippen LogP contribution in [0, 0.1) is 5.92 Å². The average Bonchev–Trinajstić information content (AvgIpc) is 2.81. The van der Waals surface area contributed by atoms with Gasteiger partial charge in [-0.05, 0) is 36.1 Å². The second-order valence-corrected chi connectivity index (χ2v) is 8.49. The maximum atomic E-state index is 12.8. The normalized spacial score (nSPS) is 19.1. The summed E-state index contributed by atoms with van der Waals surface area (Å²) in [5, 5.41) is 2.86. The number of ether oxygens (including phenoxy) is 2. The third-order valence-corrected chi connectivity index (χ3v) is 6.30. The smallest absolute Gasteiger partial charge is 0.250 e. The van der Waals surface area contributed by atoms with E-state index in [4.69, 9.17) is 9.47 Å². The number of likely N-dealkylation sites (tertiary alicyclic amines) is 1. The van der Waals surface area contributed by atoms with Crippen molar-refractivity contribution in [2.24, 2.45) is 5.92 Å². The zero-order chi connectivity index (χ0) is 22.7. The van der Waals surface area contributed by atoms with Gasteiger partial charge in [0.2, 0.25) is 11.8 Å². The number of aromatic nitrogens is 1. The van der Waals surface area contributed by atoms with Crippen LogP contribution < -0.4 is 20.3 Å². The summed E-state index contributed by atoms with van der Waals surface area (Å²) >= 11 is 0. The lowest BCUT2D eigenvalue weighted by Crippen LogP contribution is -2.49. The van der Waals surface area contributed by atoms with Crippen molar-refractivity contribution in [3.05, 3.63) is 58.0 Å². The summed E-state index contributed by atoms with van der Waals surface area (Å²) in [7, 11) is 3.16. The molecule has 2 amide bonds. The van der Waals surface area contributed by atoms with Crippen LogP contribution in [0.25, 0.3) is 0 Å². The molecule has 1 N–H and O–H groups in total. The number of hydrogen-bond donors (Lipinski definition) is 1. The number of pyridine rings is 1. The molecule has 1 fully saturated rings. The fourth-order valence-corrected chi connectivity index (χ4v) is 4.74. The lowest BCUT2D eigenvalue weighted by molar-refractivity contribution is -0.136. The largest absolute Gasteiger partial charge is 0.497 e. The fourth-order valence-electron chi connectivity index (χ4n) is 4.74. The van der Waals surface area contributed by atoms with Crippen LogP contribution in [0.2, 0.25) is 0 Å². The van der Waals surface area contributed by atoms with Gasteiger partial charge in [0.1, 0.15) is 11.5 Å². The van der Waals surface area contributed by atoms with Crippen molar-refractivity contribution in [2.45, 2.75) is 38.3 Å². The highest BCUT2D eigenvalue weighted by Gasteiger charge is 2.36. The van der Waals surface area contributed by atoms with E-state index in [0.717, 1.165) is 17.7 Å². The zero-order valence-electron chi connectivity index (χ0n) is 18.5. The maximum Gasteiger partial charge on any atom is 0.250 e. The Bertz CT molecular complexity index is 1040. The van der Waals surface area contributed by atoms with Crippen LogP contribution in [0.5, 0.6) is 11.5 Å². The van der Waals surface area contributed by atoms with Crippen molar-refractivity contribution in [3.63, 3.8) is 0 Å². The minimum Gasteiger partial charge on any atom is -0.497 e. The number of rotatable bonds is 7. The van der Waals surface area contributed by atoms with Crippen molar-refractivity contribution in [1.82, 2.24) is 14.8 Å². The Morgan fingerprint density at radius 3 is 2.50 bits per heavy atom. The van der Waals surface area contributed by atoms with Gasteiger partial charge in [0.15, 0.2) is 0 Å². The van der Waals surface area contributed by atoms with Crippen LogP contribution in [0.15, 0.2) is 41.2 Å². The topological polar surface area (TPSA) is 89.9 Å². The SMILES string of the molecule is COc1cc(CNC(=O)CCC(=O)N2C[C@@H]3C[C@@H](C2)c2cccc(=O)n2C3)cc(OC)c1. The van der Waals surface area contributed by atoms with E-state index in [1.54, 1.807) is 32.4 Å². The Morgan fingerprint density at radius 2 is 1.78 bits per heavy atom. The maximum absolute atomic E-state index is 12.8. The number of hydrogen-bond acceptors (Lipinski definition) is 5. The number of benzene rings is 1. The van der Waals surface area contributed by atoms with Crippen molar-refractivity contribution >= 4 is 11.8 Å². The highest BCUT2D eigenvalue weighted by molar-refractivity contribution is 5.83. The number of fused-ring (bicyclic) bond motifs is 4. The molecular formula is C24H29N3O5. The molecule has 170 valence electrons. The van der Waals surface area contributed by atoms with Crippen LogP contribution in [0.4, 0.5) is 0 Å². The Labute approximate surface area is 187 Å². The van der Waals surface area contributed by atoms with Gasteiger partial charge >= 0.3 is 0 Å². The number of nitrogens with one attached hydrogen (secondary N) is 1. The molecule has 1 aromatic heterocycles. The molecule has 0 saturated carbocycles. The first-order valence-electron chi connectivity index (χ1n) is 10.9. The summed E-state index contributed by atoms with van der Waals surface area (Å²) in [5.74, 6) is 1.59. The van der Waals surface area contributed by atoms with Gasteiger partial charge in [-0.3, -0.25) is 14.4 Å². The Balaban J connectivity index is 1.29. The second kappa shape index (κ2) is 9.46. The predicted octanol–water partition coefficient (Wildman–Crippen LogP) is 1.91. The van der Waals surface area contributed by atoms with Crippen molar-refractivity contribution in [2.75, 3.05) is 27.3 Å². The summed E-state index contributed by atoms with van der Waals surface area (Å²) in [6, 6.07) is 10.8. The van der Waals surface area contributed by atoms with E-state index in [1.165, 1.54) is 0 Å². The van der Waals surface area contributed by atoms with E-state index in [9.17, 15) is 14.4 Å². The van der Waals surface area contributed by atoms with Crippen molar-refractivity contribution in [3.8, 4) is 11.5 Å². The Morgan fingerprint density at radius 1 is 1.03 bits per heavy atom. The van der Waals surface area contributed by atoms with E-state index in [0.29, 0.717) is 37.7 Å². The molecule has 8 heteroatoms. The van der Waals surface area contributed by atoms with E-state index in [1.807, 2.05) is 27.7 Å². The van der Waals surface area contributed by atoms with Crippen LogP contribution >= 0.6 is 0 Å². The monoisotopic (exact) mass is 439 g/mol. The van der Waals surface area contributed by atoms with Gasteiger partial charge in [0, 0.05) is 62.8 Å². The van der Waals surface area contributed by atoms with Gasteiger partial charge < -0.3 is 24.3 Å². The number of carbonyl (C=O) groups is 2. The molecule has 2 bridgehead atoms. The predicted molar refractivity (Wildman–Crippen MR) is 119 cm³/mol. The minimum atomic E-state index is -0.172. The van der Waals surface area contributed by atoms with E-state index in [-0.39, 0.29) is 42.1 Å². The number of nitrogens with zero attached hydrogens (tertiary/aromatic N) is 2. The summed E-state index contributed by atoms with van der Waals surface area (Å²) < 4.78 is 12.3. The molecule has 3 heterocycles. The highest BCUT2D eigenvalue weighted by atomic mass is 16.5. The summed E-state index contributed by atoms with van der Waals surface area (Å²) in [4.78, 5) is 39.1. The highest BCUT2D eigenvalue weighted by Crippen LogP contribution is 2.35. The number of amides is 2. The molecule has 32 heavy (non-hydrogen) atoms. The second-order valence-electron chi connectivity index (χ2n) is 8.49. The molecule has 0 unspecified atom stereocenters. The minimum absolute atomic E-state index is 0.00960. The van der Waals surface area contributed by atoms with Crippen LogP contribution in [-0.4, -0.2) is 48.6 Å². The number of methoxy groups -OCH3 is 2. The van der Waals surface area contributed by atoms with Gasteiger partial charge in [-0.1, -0.05) is 6.07 Å². The van der Waals surface area contributed by atoms with Gasteiger partial charge in [-0.15, -0.1) is 0 Å². The van der Waals surface area contributed by atoms with E-state index in [2.05, 4.69) is 5.32 Å². The van der Waals surface area contributed by atoms with Gasteiger partial charge in [0.05, 0.1) is 14.2 Å². The average molecular weight is 440 g/mol. The van der Waals surface area contributed by atoms with Gasteiger partial charge in [0.25, 0.3) is 5.56 Å². The zero-order valence-corrected chi connectivity index (χ0v) is 18.5. The standard InChI is InChI=1S/C24H29N3O5/c1-31-19-9-16(10-20(11-19)32-2)12-25-22(28)6-7-23(29)26-13-17-8-18(15-26)21-4-3-5-24(30)27(21)14-17/h3-5,9-11,17-18H,6-8,12-15H2,1-2H3,(H,25,28)/t17-,18-/m0/s1. The molecule has 8 nitrogen and oxygen atoms in total. The fraction of sp³-hybridized carbons (Fsp3) is 0.458. The molecule has 0 aliphatic carbocycles. The number of piperidine rings is 1. The molecule has 0 spiro atoms. The first-order chi connectivity index (χ1) is 15.5. The molecule has 2 aromatic rings. The molecule has 1 saturated heterocycles. The van der Waals surface area contributed by atoms with Crippen LogP contribution in [-0.2, 0) is 22.7 Å². The lowest BCUT2D eigenvalue weighted by Gasteiger charge is -2.42. The van der Waals surface area contributed by atoms with E-state index < -0.39 is 0 Å². The third-order valence-electron chi connectivity index (χ3n) is 6.30. The van der Waals surface area contributed by atoms with E-state index >= 15 is 0 Å². The lowest BCUT2D eigenvalue weighted by atomic mass is 9.83. The molecule has 1 aromatic carbocycles.